The van der Waals surface area contributed by atoms with E-state index in [1.807, 2.05) is 7.05 Å². The van der Waals surface area contributed by atoms with E-state index in [9.17, 15) is 0 Å². The smallest absolute Gasteiger partial charge is 0.0627 e. The summed E-state index contributed by atoms with van der Waals surface area (Å²) in [6.07, 6.45) is 2.23. The maximum atomic E-state index is 3.61. The maximum absolute atomic E-state index is 3.61. The van der Waals surface area contributed by atoms with E-state index in [1.165, 1.54) is 20.9 Å². The van der Waals surface area contributed by atoms with E-state index in [-0.39, 0.29) is 0 Å². The van der Waals surface area contributed by atoms with Crippen LogP contribution >= 0.6 is 15.9 Å². The molecule has 15 heavy (non-hydrogen) atoms. The molecule has 3 heteroatoms. The van der Waals surface area contributed by atoms with E-state index in [0.29, 0.717) is 0 Å². The van der Waals surface area contributed by atoms with Gasteiger partial charge in [-0.25, -0.2) is 0 Å². The van der Waals surface area contributed by atoms with Gasteiger partial charge in [-0.1, -0.05) is 12.1 Å². The Bertz CT molecular complexity index is 474. The van der Waals surface area contributed by atoms with Gasteiger partial charge in [-0.05, 0) is 41.5 Å². The van der Waals surface area contributed by atoms with Crippen LogP contribution in [0, 0.1) is 0 Å². The summed E-state index contributed by atoms with van der Waals surface area (Å²) in [4.78, 5) is 0. The van der Waals surface area contributed by atoms with Crippen molar-refractivity contribution in [2.24, 2.45) is 0 Å². The monoisotopic (exact) mass is 266 g/mol. The molecule has 0 saturated carbocycles. The number of halogens is 1. The second-order valence-electron chi connectivity index (χ2n) is 3.61. The summed E-state index contributed by atoms with van der Waals surface area (Å²) >= 11 is 3.61. The third kappa shape index (κ3) is 1.82. The van der Waals surface area contributed by atoms with Gasteiger partial charge in [0.05, 0.1) is 5.52 Å². The summed E-state index contributed by atoms with van der Waals surface area (Å²) in [6.45, 7) is 4.09. The molecule has 1 aromatic carbocycles. The Labute approximate surface area is 98.4 Å². The minimum absolute atomic E-state index is 0.917. The van der Waals surface area contributed by atoms with Crippen LogP contribution in [0.4, 0.5) is 0 Å². The fourth-order valence-corrected chi connectivity index (χ4v) is 2.56. The first kappa shape index (κ1) is 10.7. The Morgan fingerprint density at radius 2 is 2.20 bits per heavy atom. The van der Waals surface area contributed by atoms with Crippen LogP contribution < -0.4 is 5.32 Å². The van der Waals surface area contributed by atoms with E-state index in [1.54, 1.807) is 0 Å². The largest absolute Gasteiger partial charge is 0.347 e. The number of hydrogen-bond acceptors (Lipinski definition) is 1. The molecule has 1 N–H and O–H groups in total. The lowest BCUT2D eigenvalue weighted by Gasteiger charge is -2.01. The summed E-state index contributed by atoms with van der Waals surface area (Å²) in [6, 6.07) is 6.36. The van der Waals surface area contributed by atoms with Gasteiger partial charge in [-0.3, -0.25) is 0 Å². The number of rotatable bonds is 3. The Balaban J connectivity index is 2.69. The zero-order chi connectivity index (χ0) is 10.8. The van der Waals surface area contributed by atoms with Crippen molar-refractivity contribution in [2.75, 3.05) is 7.05 Å². The lowest BCUT2D eigenvalue weighted by atomic mass is 10.2. The van der Waals surface area contributed by atoms with E-state index in [0.717, 1.165) is 13.1 Å². The van der Waals surface area contributed by atoms with Gasteiger partial charge in [0, 0.05) is 29.1 Å². The predicted octanol–water partition coefficient (Wildman–Crippen LogP) is 3.14. The van der Waals surface area contributed by atoms with Crippen LogP contribution in [-0.4, -0.2) is 11.6 Å². The summed E-state index contributed by atoms with van der Waals surface area (Å²) in [5.74, 6) is 0. The molecule has 0 atom stereocenters. The Morgan fingerprint density at radius 3 is 2.87 bits per heavy atom. The fourth-order valence-electron chi connectivity index (χ4n) is 1.97. The van der Waals surface area contributed by atoms with E-state index < -0.39 is 0 Å². The molecule has 2 rings (SSSR count). The van der Waals surface area contributed by atoms with Crippen LogP contribution in [0.5, 0.6) is 0 Å². The highest BCUT2D eigenvalue weighted by Gasteiger charge is 2.08. The molecule has 0 spiro atoms. The van der Waals surface area contributed by atoms with Crippen molar-refractivity contribution in [2.45, 2.75) is 20.0 Å². The lowest BCUT2D eigenvalue weighted by molar-refractivity contribution is 0.774. The van der Waals surface area contributed by atoms with E-state index >= 15 is 0 Å². The van der Waals surface area contributed by atoms with Gasteiger partial charge in [0.1, 0.15) is 0 Å². The Hall–Kier alpha value is -0.800. The van der Waals surface area contributed by atoms with Crippen molar-refractivity contribution in [1.82, 2.24) is 9.88 Å². The number of nitrogens with zero attached hydrogens (tertiary/aromatic N) is 1. The van der Waals surface area contributed by atoms with Gasteiger partial charge < -0.3 is 9.88 Å². The number of nitrogens with one attached hydrogen (secondary N) is 1. The van der Waals surface area contributed by atoms with Gasteiger partial charge >= 0.3 is 0 Å². The normalized spacial score (nSPS) is 11.1. The quantitative estimate of drug-likeness (QED) is 0.904. The fraction of sp³-hybridized carbons (Fsp3) is 0.333. The number of para-hydroxylation sites is 1. The van der Waals surface area contributed by atoms with Crippen LogP contribution in [-0.2, 0) is 13.1 Å². The SMILES string of the molecule is CCn1cc(CNC)c2cccc(Br)c21. The van der Waals surface area contributed by atoms with Crippen LogP contribution in [0.1, 0.15) is 12.5 Å². The van der Waals surface area contributed by atoms with Gasteiger partial charge in [0.15, 0.2) is 0 Å². The molecule has 0 fully saturated rings. The first-order valence-corrected chi connectivity index (χ1v) is 5.98. The van der Waals surface area contributed by atoms with Crippen LogP contribution in [0.2, 0.25) is 0 Å². The molecular formula is C12H15BrN2. The number of fused-ring (bicyclic) bond motifs is 1. The van der Waals surface area contributed by atoms with Gasteiger partial charge in [-0.2, -0.15) is 0 Å². The molecule has 0 radical (unpaired) electrons. The second kappa shape index (κ2) is 4.37. The lowest BCUT2D eigenvalue weighted by Crippen LogP contribution is -2.04. The molecule has 0 aliphatic rings. The van der Waals surface area contributed by atoms with Crippen LogP contribution in [0.3, 0.4) is 0 Å². The number of benzene rings is 1. The first-order chi connectivity index (χ1) is 7.27. The molecule has 80 valence electrons. The van der Waals surface area contributed by atoms with E-state index in [4.69, 9.17) is 0 Å². The summed E-state index contributed by atoms with van der Waals surface area (Å²) < 4.78 is 3.45. The zero-order valence-corrected chi connectivity index (χ0v) is 10.6. The zero-order valence-electron chi connectivity index (χ0n) is 9.05. The van der Waals surface area contributed by atoms with E-state index in [2.05, 4.69) is 57.1 Å². The average Bonchev–Trinajstić information content (AvgIpc) is 2.59. The van der Waals surface area contributed by atoms with Crippen LogP contribution in [0.25, 0.3) is 10.9 Å². The molecule has 0 amide bonds. The molecule has 0 aliphatic heterocycles. The molecule has 2 nitrogen and oxygen atoms in total. The third-order valence-electron chi connectivity index (χ3n) is 2.64. The molecule has 0 saturated heterocycles. The Kier molecular flexibility index (Phi) is 3.12. The van der Waals surface area contributed by atoms with Crippen molar-refractivity contribution in [1.29, 1.82) is 0 Å². The summed E-state index contributed by atoms with van der Waals surface area (Å²) in [5.41, 5.74) is 2.65. The highest BCUT2D eigenvalue weighted by molar-refractivity contribution is 9.10. The van der Waals surface area contributed by atoms with Crippen molar-refractivity contribution < 1.29 is 0 Å². The molecular weight excluding hydrogens is 252 g/mol. The minimum atomic E-state index is 0.917. The number of aromatic nitrogens is 1. The molecule has 1 aromatic heterocycles. The van der Waals surface area contributed by atoms with Crippen molar-refractivity contribution in [3.63, 3.8) is 0 Å². The highest BCUT2D eigenvalue weighted by atomic mass is 79.9. The van der Waals surface area contributed by atoms with Crippen molar-refractivity contribution >= 4 is 26.8 Å². The van der Waals surface area contributed by atoms with Gasteiger partial charge in [-0.15, -0.1) is 0 Å². The summed E-state index contributed by atoms with van der Waals surface area (Å²) in [7, 11) is 1.98. The van der Waals surface area contributed by atoms with Crippen LogP contribution in [0.15, 0.2) is 28.9 Å². The molecule has 0 bridgehead atoms. The van der Waals surface area contributed by atoms with Crippen molar-refractivity contribution in [3.05, 3.63) is 34.4 Å². The summed E-state index contributed by atoms with van der Waals surface area (Å²) in [5, 5.41) is 4.54. The topological polar surface area (TPSA) is 17.0 Å². The molecule has 0 aliphatic carbocycles. The number of aryl methyl sites for hydroxylation is 1. The predicted molar refractivity (Wildman–Crippen MR) is 68.1 cm³/mol. The highest BCUT2D eigenvalue weighted by Crippen LogP contribution is 2.28. The van der Waals surface area contributed by atoms with Gasteiger partial charge in [0.25, 0.3) is 0 Å². The Morgan fingerprint density at radius 1 is 1.40 bits per heavy atom. The number of hydrogen-bond donors (Lipinski definition) is 1. The first-order valence-electron chi connectivity index (χ1n) is 5.18. The molecule has 1 heterocycles. The maximum Gasteiger partial charge on any atom is 0.0627 e. The minimum Gasteiger partial charge on any atom is -0.347 e. The van der Waals surface area contributed by atoms with Crippen molar-refractivity contribution in [3.8, 4) is 0 Å². The molecule has 2 aromatic rings. The second-order valence-corrected chi connectivity index (χ2v) is 4.46. The van der Waals surface area contributed by atoms with Gasteiger partial charge in [0.2, 0.25) is 0 Å². The third-order valence-corrected chi connectivity index (χ3v) is 3.28. The average molecular weight is 267 g/mol. The molecule has 0 unspecified atom stereocenters. The standard InChI is InChI=1S/C12H15BrN2/c1-3-15-8-9(7-14-2)10-5-4-6-11(13)12(10)15/h4-6,8,14H,3,7H2,1-2H3.